The molecule has 0 saturated heterocycles. The predicted molar refractivity (Wildman–Crippen MR) is 76.8 cm³/mol. The molecule has 0 radical (unpaired) electrons. The van der Waals surface area contributed by atoms with Crippen LogP contribution in [0.25, 0.3) is 0 Å². The second-order valence-electron chi connectivity index (χ2n) is 6.04. The Labute approximate surface area is 117 Å². The first-order valence-electron chi connectivity index (χ1n) is 6.68. The van der Waals surface area contributed by atoms with Gasteiger partial charge in [-0.2, -0.15) is 0 Å². The van der Waals surface area contributed by atoms with Crippen LogP contribution in [0.4, 0.5) is 17.1 Å². The maximum Gasteiger partial charge on any atom is 0.262 e. The topological polar surface area (TPSA) is 96.6 Å². The second kappa shape index (κ2) is 4.28. The molecule has 1 saturated carbocycles. The summed E-state index contributed by atoms with van der Waals surface area (Å²) in [5.74, 6) is 0.410. The largest absolute Gasteiger partial charge is 0.482 e. The second-order valence-corrected chi connectivity index (χ2v) is 6.04. The molecule has 1 aliphatic heterocycles. The number of fused-ring (bicyclic) bond motifs is 1. The molecule has 2 aliphatic rings. The van der Waals surface area contributed by atoms with Crippen molar-refractivity contribution in [2.45, 2.75) is 32.4 Å². The number of ether oxygens (including phenoxy) is 1. The highest BCUT2D eigenvalue weighted by atomic mass is 16.5. The lowest BCUT2D eigenvalue weighted by Gasteiger charge is -2.50. The summed E-state index contributed by atoms with van der Waals surface area (Å²) in [4.78, 5) is 11.3. The van der Waals surface area contributed by atoms with Crippen LogP contribution < -0.4 is 21.1 Å². The summed E-state index contributed by atoms with van der Waals surface area (Å²) in [6, 6.07) is 3.64. The van der Waals surface area contributed by atoms with Crippen molar-refractivity contribution in [2.75, 3.05) is 23.0 Å². The number of carbonyl (C=O) groups is 1. The smallest absolute Gasteiger partial charge is 0.262 e. The monoisotopic (exact) mass is 277 g/mol. The third kappa shape index (κ3) is 1.96. The fourth-order valence-corrected chi connectivity index (χ4v) is 2.60. The van der Waals surface area contributed by atoms with Crippen molar-refractivity contribution in [3.63, 3.8) is 0 Å². The Morgan fingerprint density at radius 2 is 2.25 bits per heavy atom. The summed E-state index contributed by atoms with van der Waals surface area (Å²) >= 11 is 0. The molecule has 20 heavy (non-hydrogen) atoms. The summed E-state index contributed by atoms with van der Waals surface area (Å²) in [7, 11) is 0. The SMILES string of the molecule is CC1(C)C(O)CC1Nc1cc2c(cc1N)OCC(=O)N2. The van der Waals surface area contributed by atoms with Crippen LogP contribution in [0.2, 0.25) is 0 Å². The van der Waals surface area contributed by atoms with Crippen molar-refractivity contribution >= 4 is 23.0 Å². The third-order valence-electron chi connectivity index (χ3n) is 4.33. The van der Waals surface area contributed by atoms with Gasteiger partial charge in [0.2, 0.25) is 0 Å². The lowest BCUT2D eigenvalue weighted by molar-refractivity contribution is -0.118. The number of nitrogens with two attached hydrogens (primary N) is 1. The van der Waals surface area contributed by atoms with E-state index in [0.717, 1.165) is 5.69 Å². The van der Waals surface area contributed by atoms with Crippen LogP contribution in [0.1, 0.15) is 20.3 Å². The minimum absolute atomic E-state index is 0.0149. The van der Waals surface area contributed by atoms with E-state index in [1.807, 2.05) is 13.8 Å². The maximum atomic E-state index is 11.3. The molecule has 1 heterocycles. The molecular weight excluding hydrogens is 258 g/mol. The number of aliphatic hydroxyl groups is 1. The summed E-state index contributed by atoms with van der Waals surface area (Å²) < 4.78 is 5.32. The van der Waals surface area contributed by atoms with Crippen LogP contribution in [0.5, 0.6) is 5.75 Å². The number of benzene rings is 1. The Kier molecular flexibility index (Phi) is 2.79. The van der Waals surface area contributed by atoms with Crippen LogP contribution >= 0.6 is 0 Å². The molecule has 0 aromatic heterocycles. The first-order valence-corrected chi connectivity index (χ1v) is 6.68. The maximum absolute atomic E-state index is 11.3. The van der Waals surface area contributed by atoms with Crippen molar-refractivity contribution in [2.24, 2.45) is 5.41 Å². The van der Waals surface area contributed by atoms with E-state index in [4.69, 9.17) is 10.5 Å². The van der Waals surface area contributed by atoms with Gasteiger partial charge in [-0.1, -0.05) is 13.8 Å². The van der Waals surface area contributed by atoms with Crippen LogP contribution in [0.3, 0.4) is 0 Å². The van der Waals surface area contributed by atoms with E-state index in [9.17, 15) is 9.90 Å². The Morgan fingerprint density at radius 1 is 1.50 bits per heavy atom. The van der Waals surface area contributed by atoms with Gasteiger partial charge >= 0.3 is 0 Å². The molecule has 1 amide bonds. The number of carbonyl (C=O) groups excluding carboxylic acids is 1. The number of hydrogen-bond acceptors (Lipinski definition) is 5. The average Bonchev–Trinajstić information content (AvgIpc) is 2.39. The molecule has 1 aromatic rings. The Bertz CT molecular complexity index is 571. The van der Waals surface area contributed by atoms with Gasteiger partial charge in [0.25, 0.3) is 5.91 Å². The lowest BCUT2D eigenvalue weighted by atomic mass is 9.64. The Morgan fingerprint density at radius 3 is 2.90 bits per heavy atom. The Balaban J connectivity index is 1.84. The molecule has 1 aromatic carbocycles. The van der Waals surface area contributed by atoms with Crippen molar-refractivity contribution in [1.82, 2.24) is 0 Å². The fraction of sp³-hybridized carbons (Fsp3) is 0.500. The van der Waals surface area contributed by atoms with Crippen LogP contribution in [-0.2, 0) is 4.79 Å². The molecule has 108 valence electrons. The van der Waals surface area contributed by atoms with Gasteiger partial charge in [-0.3, -0.25) is 4.79 Å². The van der Waals surface area contributed by atoms with Crippen molar-refractivity contribution < 1.29 is 14.6 Å². The van der Waals surface area contributed by atoms with Crippen molar-refractivity contribution in [3.05, 3.63) is 12.1 Å². The quantitative estimate of drug-likeness (QED) is 0.609. The summed E-state index contributed by atoms with van der Waals surface area (Å²) in [5.41, 5.74) is 7.76. The summed E-state index contributed by atoms with van der Waals surface area (Å²) in [6.45, 7) is 4.04. The zero-order valence-electron chi connectivity index (χ0n) is 11.6. The van der Waals surface area contributed by atoms with E-state index in [-0.39, 0.29) is 30.1 Å². The molecule has 0 bridgehead atoms. The summed E-state index contributed by atoms with van der Waals surface area (Å²) in [5, 5.41) is 15.9. The van der Waals surface area contributed by atoms with Gasteiger partial charge in [-0.05, 0) is 12.5 Å². The fourth-order valence-electron chi connectivity index (χ4n) is 2.60. The van der Waals surface area contributed by atoms with Gasteiger partial charge < -0.3 is 26.2 Å². The number of anilines is 3. The molecule has 5 N–H and O–H groups in total. The molecule has 1 aliphatic carbocycles. The van der Waals surface area contributed by atoms with Crippen LogP contribution in [-0.4, -0.2) is 29.8 Å². The molecule has 6 nitrogen and oxygen atoms in total. The molecular formula is C14H19N3O3. The van der Waals surface area contributed by atoms with Crippen molar-refractivity contribution in [1.29, 1.82) is 0 Å². The molecule has 0 spiro atoms. The number of nitrogen functional groups attached to an aromatic ring is 1. The molecule has 2 atom stereocenters. The number of rotatable bonds is 2. The van der Waals surface area contributed by atoms with Gasteiger partial charge in [-0.15, -0.1) is 0 Å². The van der Waals surface area contributed by atoms with Gasteiger partial charge in [0.15, 0.2) is 6.61 Å². The first-order chi connectivity index (χ1) is 9.38. The van der Waals surface area contributed by atoms with Gasteiger partial charge in [0.05, 0.1) is 23.2 Å². The Hall–Kier alpha value is -1.95. The zero-order chi connectivity index (χ0) is 14.5. The van der Waals surface area contributed by atoms with Crippen molar-refractivity contribution in [3.8, 4) is 5.75 Å². The van der Waals surface area contributed by atoms with E-state index in [1.54, 1.807) is 12.1 Å². The predicted octanol–water partition coefficient (Wildman–Crippen LogP) is 1.17. The first kappa shape index (κ1) is 13.1. The number of hydrogen-bond donors (Lipinski definition) is 4. The molecule has 3 rings (SSSR count). The van der Waals surface area contributed by atoms with Crippen LogP contribution in [0.15, 0.2) is 12.1 Å². The average molecular weight is 277 g/mol. The standard InChI is InChI=1S/C14H19N3O3/c1-14(2)11(5-12(14)18)16-8-4-9-10(3-7(8)15)20-6-13(19)17-9/h3-4,11-12,16,18H,5-6,15H2,1-2H3,(H,17,19). The lowest BCUT2D eigenvalue weighted by Crippen LogP contribution is -2.56. The highest BCUT2D eigenvalue weighted by molar-refractivity contribution is 5.97. The van der Waals surface area contributed by atoms with Gasteiger partial charge in [-0.25, -0.2) is 0 Å². The van der Waals surface area contributed by atoms with E-state index >= 15 is 0 Å². The van der Waals surface area contributed by atoms with E-state index in [2.05, 4.69) is 10.6 Å². The highest BCUT2D eigenvalue weighted by Gasteiger charge is 2.47. The van der Waals surface area contributed by atoms with Crippen LogP contribution in [0, 0.1) is 5.41 Å². The normalized spacial score (nSPS) is 26.9. The van der Waals surface area contributed by atoms with E-state index in [0.29, 0.717) is 23.5 Å². The number of nitrogens with one attached hydrogen (secondary N) is 2. The summed E-state index contributed by atoms with van der Waals surface area (Å²) in [6.07, 6.45) is 0.383. The minimum Gasteiger partial charge on any atom is -0.482 e. The molecule has 2 unspecified atom stereocenters. The number of aliphatic hydroxyl groups excluding tert-OH is 1. The van der Waals surface area contributed by atoms with Gasteiger partial charge in [0.1, 0.15) is 5.75 Å². The van der Waals surface area contributed by atoms with E-state index in [1.165, 1.54) is 0 Å². The highest BCUT2D eigenvalue weighted by Crippen LogP contribution is 2.44. The zero-order valence-corrected chi connectivity index (χ0v) is 11.6. The van der Waals surface area contributed by atoms with E-state index < -0.39 is 0 Å². The minimum atomic E-state index is -0.304. The number of amides is 1. The van der Waals surface area contributed by atoms with Gasteiger partial charge in [0, 0.05) is 17.5 Å². The molecule has 1 fully saturated rings. The molecule has 6 heteroatoms. The third-order valence-corrected chi connectivity index (χ3v) is 4.33.